The van der Waals surface area contributed by atoms with Crippen molar-refractivity contribution >= 4 is 23.5 Å². The van der Waals surface area contributed by atoms with Crippen molar-refractivity contribution in [3.63, 3.8) is 0 Å². The molecule has 0 saturated carbocycles. The smallest absolute Gasteiger partial charge is 0.275 e. The fourth-order valence-corrected chi connectivity index (χ4v) is 1.76. The van der Waals surface area contributed by atoms with E-state index in [1.807, 2.05) is 6.21 Å². The summed E-state index contributed by atoms with van der Waals surface area (Å²) in [6.45, 7) is 0. The number of nitrogens with one attached hydrogen (secondary N) is 2. The summed E-state index contributed by atoms with van der Waals surface area (Å²) >= 11 is 5.78. The minimum atomic E-state index is -0.424. The molecule has 1 unspecified atom stereocenters. The maximum absolute atomic E-state index is 11.2. The number of aromatic amines is 1. The lowest BCUT2D eigenvalue weighted by Gasteiger charge is -2.11. The molecule has 2 rings (SSSR count). The molecule has 0 saturated heterocycles. The third kappa shape index (κ3) is 3.17. The summed E-state index contributed by atoms with van der Waals surface area (Å²) < 4.78 is 0. The van der Waals surface area contributed by atoms with Gasteiger partial charge < -0.3 is 0 Å². The maximum atomic E-state index is 11.2. The lowest BCUT2D eigenvalue weighted by Crippen LogP contribution is -2.10. The predicted octanol–water partition coefficient (Wildman–Crippen LogP) is 2.18. The largest absolute Gasteiger partial charge is 0.285 e. The monoisotopic (exact) mass is 252 g/mol. The highest BCUT2D eigenvalue weighted by molar-refractivity contribution is 6.32. The molecule has 1 aliphatic carbocycles. The third-order valence-corrected chi connectivity index (χ3v) is 2.95. The van der Waals surface area contributed by atoms with Crippen molar-refractivity contribution in [2.75, 3.05) is 5.43 Å². The van der Waals surface area contributed by atoms with Gasteiger partial charge in [0, 0.05) is 6.21 Å². The number of anilines is 1. The molecule has 1 heterocycles. The summed E-state index contributed by atoms with van der Waals surface area (Å²) in [6, 6.07) is 0. The quantitative estimate of drug-likeness (QED) is 0.492. The molecule has 0 fully saturated rings. The summed E-state index contributed by atoms with van der Waals surface area (Å²) in [5, 5.41) is 10.0. The van der Waals surface area contributed by atoms with Crippen LogP contribution in [-0.2, 0) is 0 Å². The van der Waals surface area contributed by atoms with Gasteiger partial charge in [0.25, 0.3) is 5.56 Å². The molecular formula is C11H13ClN4O. The average Bonchev–Trinajstić information content (AvgIpc) is 2.36. The first-order valence-corrected chi connectivity index (χ1v) is 5.82. The third-order valence-electron chi connectivity index (χ3n) is 2.58. The van der Waals surface area contributed by atoms with E-state index < -0.39 is 5.56 Å². The van der Waals surface area contributed by atoms with E-state index in [2.05, 4.69) is 32.9 Å². The van der Waals surface area contributed by atoms with E-state index >= 15 is 0 Å². The number of halogens is 1. The highest BCUT2D eigenvalue weighted by Crippen LogP contribution is 2.17. The highest BCUT2D eigenvalue weighted by Gasteiger charge is 2.07. The second-order valence-electron chi connectivity index (χ2n) is 3.86. The summed E-state index contributed by atoms with van der Waals surface area (Å²) in [6.07, 6.45) is 10.8. The number of hydrogen-bond donors (Lipinski definition) is 2. The fraction of sp³-hybridized carbons (Fsp3) is 0.364. The zero-order chi connectivity index (χ0) is 12.1. The Labute approximate surface area is 104 Å². The number of aromatic nitrogens is 2. The van der Waals surface area contributed by atoms with Gasteiger partial charge in [-0.1, -0.05) is 23.8 Å². The van der Waals surface area contributed by atoms with Gasteiger partial charge in [-0.2, -0.15) is 10.2 Å². The average molecular weight is 253 g/mol. The van der Waals surface area contributed by atoms with Crippen LogP contribution in [0.4, 0.5) is 5.69 Å². The van der Waals surface area contributed by atoms with Crippen LogP contribution in [0.5, 0.6) is 0 Å². The Morgan fingerprint density at radius 2 is 2.47 bits per heavy atom. The molecule has 17 heavy (non-hydrogen) atoms. The van der Waals surface area contributed by atoms with Crippen LogP contribution in [0, 0.1) is 5.92 Å². The normalized spacial score (nSPS) is 19.7. The van der Waals surface area contributed by atoms with Gasteiger partial charge in [-0.25, -0.2) is 5.10 Å². The van der Waals surface area contributed by atoms with E-state index in [1.54, 1.807) is 0 Å². The van der Waals surface area contributed by atoms with Crippen molar-refractivity contribution < 1.29 is 0 Å². The number of nitrogens with zero attached hydrogens (tertiary/aromatic N) is 2. The summed E-state index contributed by atoms with van der Waals surface area (Å²) in [4.78, 5) is 11.2. The van der Waals surface area contributed by atoms with E-state index in [1.165, 1.54) is 6.20 Å². The zero-order valence-electron chi connectivity index (χ0n) is 9.19. The molecule has 0 radical (unpaired) electrons. The van der Waals surface area contributed by atoms with Crippen molar-refractivity contribution in [1.82, 2.24) is 10.2 Å². The van der Waals surface area contributed by atoms with Crippen molar-refractivity contribution in [1.29, 1.82) is 0 Å². The second-order valence-corrected chi connectivity index (χ2v) is 4.24. The van der Waals surface area contributed by atoms with E-state index in [0.29, 0.717) is 11.6 Å². The van der Waals surface area contributed by atoms with Crippen molar-refractivity contribution in [3.8, 4) is 0 Å². The highest BCUT2D eigenvalue weighted by atomic mass is 35.5. The molecule has 0 amide bonds. The van der Waals surface area contributed by atoms with Gasteiger partial charge in [0.2, 0.25) is 0 Å². The van der Waals surface area contributed by atoms with Crippen LogP contribution in [0.2, 0.25) is 5.02 Å². The van der Waals surface area contributed by atoms with Crippen LogP contribution < -0.4 is 11.0 Å². The number of rotatable bonds is 3. The Bertz CT molecular complexity index is 494. The molecule has 5 nitrogen and oxygen atoms in total. The number of allylic oxidation sites excluding steroid dienone is 2. The second kappa shape index (κ2) is 5.63. The first-order valence-electron chi connectivity index (χ1n) is 5.45. The van der Waals surface area contributed by atoms with Gasteiger partial charge in [-0.05, 0) is 25.2 Å². The molecule has 0 aromatic carbocycles. The van der Waals surface area contributed by atoms with Crippen LogP contribution in [-0.4, -0.2) is 16.4 Å². The molecule has 2 N–H and O–H groups in total. The molecule has 1 aromatic rings. The summed E-state index contributed by atoms with van der Waals surface area (Å²) in [5.41, 5.74) is 2.72. The Kier molecular flexibility index (Phi) is 3.93. The van der Waals surface area contributed by atoms with Crippen molar-refractivity contribution in [3.05, 3.63) is 33.7 Å². The van der Waals surface area contributed by atoms with Crippen molar-refractivity contribution in [2.24, 2.45) is 11.0 Å². The Morgan fingerprint density at radius 1 is 1.59 bits per heavy atom. The van der Waals surface area contributed by atoms with Crippen molar-refractivity contribution in [2.45, 2.75) is 19.3 Å². The first kappa shape index (κ1) is 11.9. The minimum Gasteiger partial charge on any atom is -0.275 e. The summed E-state index contributed by atoms with van der Waals surface area (Å²) in [5.74, 6) is 0.446. The van der Waals surface area contributed by atoms with E-state index in [0.717, 1.165) is 19.3 Å². The van der Waals surface area contributed by atoms with E-state index in [-0.39, 0.29) is 5.02 Å². The predicted molar refractivity (Wildman–Crippen MR) is 68.5 cm³/mol. The van der Waals surface area contributed by atoms with Crippen LogP contribution in [0.3, 0.4) is 0 Å². The lowest BCUT2D eigenvalue weighted by atomic mass is 9.96. The molecule has 0 bridgehead atoms. The minimum absolute atomic E-state index is 0.0701. The van der Waals surface area contributed by atoms with E-state index in [9.17, 15) is 4.79 Å². The van der Waals surface area contributed by atoms with Crippen LogP contribution in [0.1, 0.15) is 19.3 Å². The maximum Gasteiger partial charge on any atom is 0.285 e. The molecule has 6 heteroatoms. The number of hydrazone groups is 1. The molecule has 1 aliphatic rings. The SMILES string of the molecule is O=c1[nH]ncc(N/N=C\C2CC=CCC2)c1Cl. The van der Waals surface area contributed by atoms with Gasteiger partial charge in [0.05, 0.1) is 6.20 Å². The number of hydrogen-bond acceptors (Lipinski definition) is 4. The Balaban J connectivity index is 1.97. The van der Waals surface area contributed by atoms with Crippen LogP contribution in [0.15, 0.2) is 28.2 Å². The van der Waals surface area contributed by atoms with Gasteiger partial charge in [-0.15, -0.1) is 0 Å². The van der Waals surface area contributed by atoms with Crippen LogP contribution >= 0.6 is 11.6 Å². The standard InChI is InChI=1S/C11H13ClN4O/c12-10-9(7-14-16-11(10)17)15-13-6-8-4-2-1-3-5-8/h1-2,6-8H,3-5H2,(H2,15,16,17)/b13-6-. The molecular weight excluding hydrogens is 240 g/mol. The van der Waals surface area contributed by atoms with Crippen LogP contribution in [0.25, 0.3) is 0 Å². The molecule has 1 aromatic heterocycles. The Hall–Kier alpha value is -1.62. The van der Waals surface area contributed by atoms with Gasteiger partial charge in [-0.3, -0.25) is 10.2 Å². The van der Waals surface area contributed by atoms with Gasteiger partial charge in [0.15, 0.2) is 0 Å². The summed E-state index contributed by atoms with van der Waals surface area (Å²) in [7, 11) is 0. The van der Waals surface area contributed by atoms with Gasteiger partial charge in [0.1, 0.15) is 10.7 Å². The topological polar surface area (TPSA) is 70.1 Å². The first-order chi connectivity index (χ1) is 8.27. The Morgan fingerprint density at radius 3 is 3.24 bits per heavy atom. The van der Waals surface area contributed by atoms with E-state index in [4.69, 9.17) is 11.6 Å². The zero-order valence-corrected chi connectivity index (χ0v) is 9.94. The lowest BCUT2D eigenvalue weighted by molar-refractivity contribution is 0.627. The molecule has 1 atom stereocenters. The molecule has 0 aliphatic heterocycles. The number of H-pyrrole nitrogens is 1. The van der Waals surface area contributed by atoms with Gasteiger partial charge >= 0.3 is 0 Å². The fourth-order valence-electron chi connectivity index (χ4n) is 1.63. The molecule has 0 spiro atoms. The molecule has 90 valence electrons.